The zero-order valence-electron chi connectivity index (χ0n) is 14.3. The summed E-state index contributed by atoms with van der Waals surface area (Å²) >= 11 is 0. The molecule has 2 amide bonds. The molecule has 1 aromatic carbocycles. The molecule has 6 nitrogen and oxygen atoms in total. The molecule has 0 radical (unpaired) electrons. The molecule has 2 aromatic rings. The zero-order chi connectivity index (χ0) is 16.9. The van der Waals surface area contributed by atoms with Crippen molar-refractivity contribution in [2.24, 2.45) is 0 Å². The Kier molecular flexibility index (Phi) is 5.03. The number of aryl methyl sites for hydroxylation is 2. The van der Waals surface area contributed by atoms with Crippen molar-refractivity contribution in [3.05, 3.63) is 47.3 Å². The van der Waals surface area contributed by atoms with E-state index in [4.69, 9.17) is 4.52 Å². The highest BCUT2D eigenvalue weighted by molar-refractivity contribution is 5.74. The Morgan fingerprint density at radius 2 is 1.96 bits per heavy atom. The molecule has 1 N–H and O–H groups in total. The van der Waals surface area contributed by atoms with E-state index in [2.05, 4.69) is 27.5 Å². The van der Waals surface area contributed by atoms with Gasteiger partial charge in [0.15, 0.2) is 0 Å². The molecule has 1 saturated heterocycles. The van der Waals surface area contributed by atoms with Crippen LogP contribution < -0.4 is 10.2 Å². The van der Waals surface area contributed by atoms with Crippen molar-refractivity contribution in [3.63, 3.8) is 0 Å². The smallest absolute Gasteiger partial charge is 0.317 e. The quantitative estimate of drug-likeness (QED) is 0.941. The zero-order valence-corrected chi connectivity index (χ0v) is 14.3. The summed E-state index contributed by atoms with van der Waals surface area (Å²) in [5.74, 6) is 0.763. The molecular formula is C18H24N4O2. The predicted molar refractivity (Wildman–Crippen MR) is 93.1 cm³/mol. The van der Waals surface area contributed by atoms with Gasteiger partial charge in [0.25, 0.3) is 0 Å². The van der Waals surface area contributed by atoms with Crippen LogP contribution in [0.1, 0.15) is 23.4 Å². The van der Waals surface area contributed by atoms with Crippen molar-refractivity contribution in [2.45, 2.75) is 26.8 Å². The number of urea groups is 1. The predicted octanol–water partition coefficient (Wildman–Crippen LogP) is 2.71. The van der Waals surface area contributed by atoms with Gasteiger partial charge in [0.1, 0.15) is 5.76 Å². The molecule has 128 valence electrons. The highest BCUT2D eigenvalue weighted by Crippen LogP contribution is 2.16. The fourth-order valence-electron chi connectivity index (χ4n) is 3.05. The van der Waals surface area contributed by atoms with E-state index < -0.39 is 0 Å². The number of hydrogen-bond donors (Lipinski definition) is 1. The van der Waals surface area contributed by atoms with Crippen LogP contribution in [0.15, 0.2) is 34.9 Å². The largest absolute Gasteiger partial charge is 0.370 e. The summed E-state index contributed by atoms with van der Waals surface area (Å²) in [6.07, 6.45) is 0.966. The molecule has 0 aliphatic carbocycles. The average Bonchev–Trinajstić information content (AvgIpc) is 2.81. The fraction of sp³-hybridized carbons (Fsp3) is 0.444. The van der Waals surface area contributed by atoms with Crippen LogP contribution in [0.5, 0.6) is 0 Å². The molecule has 1 fully saturated rings. The summed E-state index contributed by atoms with van der Waals surface area (Å²) in [5, 5.41) is 6.91. The van der Waals surface area contributed by atoms with Gasteiger partial charge in [-0.2, -0.15) is 0 Å². The maximum absolute atomic E-state index is 12.5. The molecule has 3 rings (SSSR count). The lowest BCUT2D eigenvalue weighted by molar-refractivity contribution is 0.201. The second-order valence-corrected chi connectivity index (χ2v) is 6.12. The van der Waals surface area contributed by atoms with Gasteiger partial charge in [-0.15, -0.1) is 0 Å². The molecular weight excluding hydrogens is 304 g/mol. The van der Waals surface area contributed by atoms with E-state index in [1.807, 2.05) is 36.9 Å². The van der Waals surface area contributed by atoms with Crippen LogP contribution in [-0.4, -0.2) is 42.3 Å². The SMILES string of the molecule is Cc1noc(C)c1CNC(=O)N1CCCN(c2ccccc2)CC1. The Morgan fingerprint density at radius 1 is 1.17 bits per heavy atom. The summed E-state index contributed by atoms with van der Waals surface area (Å²) in [7, 11) is 0. The summed E-state index contributed by atoms with van der Waals surface area (Å²) in [5.41, 5.74) is 3.01. The minimum absolute atomic E-state index is 0.0232. The maximum Gasteiger partial charge on any atom is 0.317 e. The van der Waals surface area contributed by atoms with E-state index in [1.165, 1.54) is 5.69 Å². The topological polar surface area (TPSA) is 61.6 Å². The number of anilines is 1. The molecule has 1 aliphatic heterocycles. The van der Waals surface area contributed by atoms with Crippen molar-refractivity contribution in [3.8, 4) is 0 Å². The van der Waals surface area contributed by atoms with E-state index in [9.17, 15) is 4.79 Å². The highest BCUT2D eigenvalue weighted by Gasteiger charge is 2.20. The van der Waals surface area contributed by atoms with Crippen LogP contribution in [0.4, 0.5) is 10.5 Å². The van der Waals surface area contributed by atoms with Gasteiger partial charge in [-0.3, -0.25) is 0 Å². The van der Waals surface area contributed by atoms with Gasteiger partial charge in [0.2, 0.25) is 0 Å². The van der Waals surface area contributed by atoms with Gasteiger partial charge in [0, 0.05) is 44.0 Å². The van der Waals surface area contributed by atoms with E-state index in [0.29, 0.717) is 6.54 Å². The minimum atomic E-state index is -0.0232. The Bertz CT molecular complexity index is 664. The van der Waals surface area contributed by atoms with Crippen LogP contribution in [0.25, 0.3) is 0 Å². The third kappa shape index (κ3) is 3.69. The average molecular weight is 328 g/mol. The lowest BCUT2D eigenvalue weighted by Gasteiger charge is -2.23. The Balaban J connectivity index is 1.55. The first-order valence-corrected chi connectivity index (χ1v) is 8.39. The van der Waals surface area contributed by atoms with Gasteiger partial charge in [-0.25, -0.2) is 4.79 Å². The number of amides is 2. The summed E-state index contributed by atoms with van der Waals surface area (Å²) in [6.45, 7) is 7.53. The lowest BCUT2D eigenvalue weighted by Crippen LogP contribution is -2.41. The number of hydrogen-bond acceptors (Lipinski definition) is 4. The van der Waals surface area contributed by atoms with E-state index in [0.717, 1.165) is 49.6 Å². The third-order valence-electron chi connectivity index (χ3n) is 4.50. The first-order valence-electron chi connectivity index (χ1n) is 8.39. The number of carbonyl (C=O) groups excluding carboxylic acids is 1. The molecule has 1 aromatic heterocycles. The van der Waals surface area contributed by atoms with Crippen LogP contribution in [0.3, 0.4) is 0 Å². The molecule has 0 unspecified atom stereocenters. The second kappa shape index (κ2) is 7.38. The molecule has 6 heteroatoms. The molecule has 2 heterocycles. The van der Waals surface area contributed by atoms with Gasteiger partial charge in [-0.1, -0.05) is 23.4 Å². The van der Waals surface area contributed by atoms with Crippen LogP contribution >= 0.6 is 0 Å². The normalized spacial score (nSPS) is 15.2. The number of para-hydroxylation sites is 1. The van der Waals surface area contributed by atoms with Gasteiger partial charge in [0.05, 0.1) is 5.69 Å². The summed E-state index contributed by atoms with van der Waals surface area (Å²) in [6, 6.07) is 10.3. The number of benzene rings is 1. The Hall–Kier alpha value is -2.50. The van der Waals surface area contributed by atoms with Crippen LogP contribution in [0.2, 0.25) is 0 Å². The Labute approximate surface area is 142 Å². The maximum atomic E-state index is 12.5. The molecule has 24 heavy (non-hydrogen) atoms. The van der Waals surface area contributed by atoms with E-state index in [1.54, 1.807) is 0 Å². The first-order chi connectivity index (χ1) is 11.6. The van der Waals surface area contributed by atoms with Crippen molar-refractivity contribution < 1.29 is 9.32 Å². The van der Waals surface area contributed by atoms with Gasteiger partial charge < -0.3 is 19.6 Å². The summed E-state index contributed by atoms with van der Waals surface area (Å²) in [4.78, 5) is 16.7. The first kappa shape index (κ1) is 16.4. The summed E-state index contributed by atoms with van der Waals surface area (Å²) < 4.78 is 5.13. The van der Waals surface area contributed by atoms with E-state index >= 15 is 0 Å². The van der Waals surface area contributed by atoms with Crippen LogP contribution in [0, 0.1) is 13.8 Å². The van der Waals surface area contributed by atoms with Gasteiger partial charge in [-0.05, 0) is 32.4 Å². The number of rotatable bonds is 3. The molecule has 0 bridgehead atoms. The molecule has 0 atom stereocenters. The Morgan fingerprint density at radius 3 is 2.67 bits per heavy atom. The highest BCUT2D eigenvalue weighted by atomic mass is 16.5. The monoisotopic (exact) mass is 328 g/mol. The van der Waals surface area contributed by atoms with Crippen molar-refractivity contribution >= 4 is 11.7 Å². The minimum Gasteiger partial charge on any atom is -0.370 e. The van der Waals surface area contributed by atoms with Crippen molar-refractivity contribution in [2.75, 3.05) is 31.1 Å². The third-order valence-corrected chi connectivity index (χ3v) is 4.50. The lowest BCUT2D eigenvalue weighted by atomic mass is 10.2. The van der Waals surface area contributed by atoms with Gasteiger partial charge >= 0.3 is 6.03 Å². The number of carbonyl (C=O) groups is 1. The number of nitrogens with one attached hydrogen (secondary N) is 1. The standard InChI is InChI=1S/C18H24N4O2/c1-14-17(15(2)24-20-14)13-19-18(23)22-10-6-9-21(11-12-22)16-7-4-3-5-8-16/h3-5,7-8H,6,9-13H2,1-2H3,(H,19,23). The van der Waals surface area contributed by atoms with E-state index in [-0.39, 0.29) is 6.03 Å². The number of nitrogens with zero attached hydrogens (tertiary/aromatic N) is 3. The fourth-order valence-corrected chi connectivity index (χ4v) is 3.05. The van der Waals surface area contributed by atoms with Crippen molar-refractivity contribution in [1.82, 2.24) is 15.4 Å². The molecule has 1 aliphatic rings. The number of aromatic nitrogens is 1. The van der Waals surface area contributed by atoms with Crippen LogP contribution in [-0.2, 0) is 6.54 Å². The molecule has 0 saturated carbocycles. The second-order valence-electron chi connectivity index (χ2n) is 6.12. The van der Waals surface area contributed by atoms with Crippen molar-refractivity contribution in [1.29, 1.82) is 0 Å². The molecule has 0 spiro atoms.